The number of rotatable bonds is 4. The molecule has 0 saturated carbocycles. The largest absolute Gasteiger partial charge is 0.466 e. The highest BCUT2D eigenvalue weighted by molar-refractivity contribution is 5.71. The predicted molar refractivity (Wildman–Crippen MR) is 62.3 cm³/mol. The van der Waals surface area contributed by atoms with Crippen molar-refractivity contribution in [2.24, 2.45) is 0 Å². The van der Waals surface area contributed by atoms with Gasteiger partial charge in [-0.3, -0.25) is 4.79 Å². The highest BCUT2D eigenvalue weighted by atomic mass is 19.4. The van der Waals surface area contributed by atoms with Crippen molar-refractivity contribution >= 4 is 5.97 Å². The standard InChI is InChI=1S/C13H15F3O3/c1-3-19-11(17)8-12(2,18)9-5-4-6-10(7-9)13(14,15)16/h4-7,18H,3,8H2,1-2H3. The molecule has 1 aromatic carbocycles. The minimum absolute atomic E-state index is 0.0235. The van der Waals surface area contributed by atoms with E-state index in [9.17, 15) is 23.1 Å². The Labute approximate surface area is 109 Å². The topological polar surface area (TPSA) is 46.5 Å². The Kier molecular flexibility index (Phi) is 4.57. The first kappa shape index (κ1) is 15.5. The molecule has 19 heavy (non-hydrogen) atoms. The second kappa shape index (κ2) is 5.61. The van der Waals surface area contributed by atoms with Gasteiger partial charge >= 0.3 is 12.1 Å². The van der Waals surface area contributed by atoms with E-state index in [0.29, 0.717) is 0 Å². The summed E-state index contributed by atoms with van der Waals surface area (Å²) in [6.07, 6.45) is -4.89. The third kappa shape index (κ3) is 4.24. The van der Waals surface area contributed by atoms with Gasteiger partial charge in [-0.2, -0.15) is 13.2 Å². The molecule has 1 N–H and O–H groups in total. The van der Waals surface area contributed by atoms with Crippen LogP contribution in [-0.2, 0) is 21.3 Å². The van der Waals surface area contributed by atoms with Crippen LogP contribution in [0.3, 0.4) is 0 Å². The molecule has 0 aliphatic carbocycles. The van der Waals surface area contributed by atoms with Gasteiger partial charge in [0.05, 0.1) is 24.2 Å². The molecule has 0 saturated heterocycles. The maximum absolute atomic E-state index is 12.6. The Bertz CT molecular complexity index is 453. The highest BCUT2D eigenvalue weighted by Gasteiger charge is 2.33. The lowest BCUT2D eigenvalue weighted by Gasteiger charge is -2.23. The van der Waals surface area contributed by atoms with Crippen molar-refractivity contribution in [2.75, 3.05) is 6.61 Å². The summed E-state index contributed by atoms with van der Waals surface area (Å²) in [5.74, 6) is -0.662. The molecule has 0 spiro atoms. The van der Waals surface area contributed by atoms with Gasteiger partial charge in [-0.1, -0.05) is 12.1 Å². The Balaban J connectivity index is 2.98. The number of benzene rings is 1. The van der Waals surface area contributed by atoms with Gasteiger partial charge in [-0.15, -0.1) is 0 Å². The van der Waals surface area contributed by atoms with Crippen LogP contribution >= 0.6 is 0 Å². The summed E-state index contributed by atoms with van der Waals surface area (Å²) in [4.78, 5) is 11.3. The molecule has 6 heteroatoms. The number of hydrogen-bond donors (Lipinski definition) is 1. The first-order valence-corrected chi connectivity index (χ1v) is 5.72. The van der Waals surface area contributed by atoms with E-state index in [1.807, 2.05) is 0 Å². The SMILES string of the molecule is CCOC(=O)CC(C)(O)c1cccc(C(F)(F)F)c1. The lowest BCUT2D eigenvalue weighted by molar-refractivity contribution is -0.148. The monoisotopic (exact) mass is 276 g/mol. The van der Waals surface area contributed by atoms with Crippen LogP contribution < -0.4 is 0 Å². The molecule has 106 valence electrons. The Hall–Kier alpha value is -1.56. The fourth-order valence-electron chi connectivity index (χ4n) is 1.63. The van der Waals surface area contributed by atoms with Crippen molar-refractivity contribution in [2.45, 2.75) is 32.0 Å². The van der Waals surface area contributed by atoms with Gasteiger partial charge < -0.3 is 9.84 Å². The second-order valence-electron chi connectivity index (χ2n) is 4.33. The minimum Gasteiger partial charge on any atom is -0.466 e. The summed E-state index contributed by atoms with van der Waals surface area (Å²) in [5.41, 5.74) is -2.54. The molecule has 0 bridgehead atoms. The van der Waals surface area contributed by atoms with E-state index in [1.54, 1.807) is 6.92 Å². The molecule has 0 radical (unpaired) electrons. The number of esters is 1. The van der Waals surface area contributed by atoms with Gasteiger partial charge in [0.25, 0.3) is 0 Å². The summed E-state index contributed by atoms with van der Waals surface area (Å²) in [6.45, 7) is 3.04. The van der Waals surface area contributed by atoms with E-state index in [0.717, 1.165) is 12.1 Å². The normalized spacial score (nSPS) is 14.8. The molecule has 3 nitrogen and oxygen atoms in total. The number of carbonyl (C=O) groups excluding carboxylic acids is 1. The van der Waals surface area contributed by atoms with Crippen LogP contribution in [0.25, 0.3) is 0 Å². The first-order valence-electron chi connectivity index (χ1n) is 5.72. The van der Waals surface area contributed by atoms with Crippen LogP contribution in [0.5, 0.6) is 0 Å². The molecule has 1 rings (SSSR count). The summed E-state index contributed by atoms with van der Waals surface area (Å²) in [6, 6.07) is 4.27. The zero-order valence-electron chi connectivity index (χ0n) is 10.6. The average molecular weight is 276 g/mol. The zero-order valence-corrected chi connectivity index (χ0v) is 10.6. The summed E-state index contributed by atoms with van der Waals surface area (Å²) >= 11 is 0. The number of halogens is 3. The van der Waals surface area contributed by atoms with Crippen molar-refractivity contribution in [3.63, 3.8) is 0 Å². The van der Waals surface area contributed by atoms with Crippen molar-refractivity contribution in [1.82, 2.24) is 0 Å². The summed E-state index contributed by atoms with van der Waals surface area (Å²) in [5, 5.41) is 10.1. The van der Waals surface area contributed by atoms with Crippen molar-refractivity contribution in [3.05, 3.63) is 35.4 Å². The molecule has 1 atom stereocenters. The lowest BCUT2D eigenvalue weighted by Crippen LogP contribution is -2.26. The number of aliphatic hydroxyl groups is 1. The van der Waals surface area contributed by atoms with Crippen LogP contribution in [0.1, 0.15) is 31.4 Å². The van der Waals surface area contributed by atoms with Crippen LogP contribution in [0.15, 0.2) is 24.3 Å². The highest BCUT2D eigenvalue weighted by Crippen LogP contribution is 2.33. The zero-order chi connectivity index (χ0) is 14.7. The maximum Gasteiger partial charge on any atom is 0.416 e. The van der Waals surface area contributed by atoms with Crippen molar-refractivity contribution in [3.8, 4) is 0 Å². The molecule has 0 aromatic heterocycles. The second-order valence-corrected chi connectivity index (χ2v) is 4.33. The minimum atomic E-state index is -4.49. The van der Waals surface area contributed by atoms with Crippen molar-refractivity contribution < 1.29 is 27.8 Å². The van der Waals surface area contributed by atoms with Gasteiger partial charge in [-0.05, 0) is 31.5 Å². The maximum atomic E-state index is 12.6. The molecule has 0 fully saturated rings. The molecule has 0 heterocycles. The van der Waals surface area contributed by atoms with E-state index < -0.39 is 29.7 Å². The average Bonchev–Trinajstić information content (AvgIpc) is 2.27. The fraction of sp³-hybridized carbons (Fsp3) is 0.462. The molecular weight excluding hydrogens is 261 g/mol. The Morgan fingerprint density at radius 1 is 1.32 bits per heavy atom. The predicted octanol–water partition coefficient (Wildman–Crippen LogP) is 2.87. The van der Waals surface area contributed by atoms with Crippen LogP contribution in [0, 0.1) is 0 Å². The van der Waals surface area contributed by atoms with Crippen LogP contribution in [-0.4, -0.2) is 17.7 Å². The van der Waals surface area contributed by atoms with E-state index in [1.165, 1.54) is 19.1 Å². The van der Waals surface area contributed by atoms with Crippen LogP contribution in [0.4, 0.5) is 13.2 Å². The third-order valence-corrected chi connectivity index (χ3v) is 2.61. The number of ether oxygens (including phenoxy) is 1. The van der Waals surface area contributed by atoms with E-state index >= 15 is 0 Å². The summed E-state index contributed by atoms with van der Waals surface area (Å²) in [7, 11) is 0. The van der Waals surface area contributed by atoms with Crippen LogP contribution in [0.2, 0.25) is 0 Å². The van der Waals surface area contributed by atoms with Gasteiger partial charge in [0, 0.05) is 0 Å². The molecule has 0 amide bonds. The smallest absolute Gasteiger partial charge is 0.416 e. The number of alkyl halides is 3. The lowest BCUT2D eigenvalue weighted by atomic mass is 9.91. The van der Waals surface area contributed by atoms with Crippen molar-refractivity contribution in [1.29, 1.82) is 0 Å². The number of hydrogen-bond acceptors (Lipinski definition) is 3. The van der Waals surface area contributed by atoms with E-state index in [2.05, 4.69) is 4.74 Å². The number of carbonyl (C=O) groups is 1. The fourth-order valence-corrected chi connectivity index (χ4v) is 1.63. The Morgan fingerprint density at radius 2 is 1.89 bits per heavy atom. The molecule has 0 aliphatic heterocycles. The molecule has 1 unspecified atom stereocenters. The third-order valence-electron chi connectivity index (χ3n) is 2.61. The van der Waals surface area contributed by atoms with E-state index in [4.69, 9.17) is 0 Å². The van der Waals surface area contributed by atoms with E-state index in [-0.39, 0.29) is 12.2 Å². The molecule has 1 aromatic rings. The molecule has 0 aliphatic rings. The van der Waals surface area contributed by atoms with Gasteiger partial charge in [0.15, 0.2) is 0 Å². The van der Waals surface area contributed by atoms with Gasteiger partial charge in [0.1, 0.15) is 0 Å². The Morgan fingerprint density at radius 3 is 2.42 bits per heavy atom. The first-order chi connectivity index (χ1) is 8.66. The quantitative estimate of drug-likeness (QED) is 0.860. The summed E-state index contributed by atoms with van der Waals surface area (Å²) < 4.78 is 42.4. The van der Waals surface area contributed by atoms with Gasteiger partial charge in [0.2, 0.25) is 0 Å². The van der Waals surface area contributed by atoms with Gasteiger partial charge in [-0.25, -0.2) is 0 Å². The molecular formula is C13H15F3O3.